The summed E-state index contributed by atoms with van der Waals surface area (Å²) in [4.78, 5) is 27.3. The minimum atomic E-state index is -0.556. The second-order valence-corrected chi connectivity index (χ2v) is 7.66. The molecule has 0 spiro atoms. The Morgan fingerprint density at radius 2 is 1.94 bits per heavy atom. The van der Waals surface area contributed by atoms with Crippen molar-refractivity contribution >= 4 is 28.9 Å². The zero-order chi connectivity index (χ0) is 22.4. The number of nitro benzene ring substituents is 1. The van der Waals surface area contributed by atoms with E-state index >= 15 is 0 Å². The fraction of sp³-hybridized carbons (Fsp3) is 0.381. The van der Waals surface area contributed by atoms with Crippen molar-refractivity contribution in [2.24, 2.45) is 0 Å². The normalized spacial score (nSPS) is 14.9. The molecule has 1 amide bonds. The molecule has 0 radical (unpaired) electrons. The number of nitrogens with zero attached hydrogens (tertiary/aromatic N) is 3. The summed E-state index contributed by atoms with van der Waals surface area (Å²) in [5, 5.41) is 14.3. The van der Waals surface area contributed by atoms with Crippen molar-refractivity contribution in [1.82, 2.24) is 9.80 Å². The summed E-state index contributed by atoms with van der Waals surface area (Å²) in [6, 6.07) is 8.97. The maximum Gasteiger partial charge on any atom is 0.296 e. The molecule has 2 aromatic carbocycles. The fourth-order valence-corrected chi connectivity index (χ4v) is 3.67. The average molecular weight is 451 g/mol. The van der Waals surface area contributed by atoms with Crippen LogP contribution in [-0.2, 0) is 11.3 Å². The highest BCUT2D eigenvalue weighted by Crippen LogP contribution is 2.29. The zero-order valence-corrected chi connectivity index (χ0v) is 17.9. The molecule has 0 aromatic heterocycles. The minimum Gasteiger partial charge on any atom is -0.496 e. The molecule has 1 fully saturated rings. The topological polar surface area (TPSA) is 88.0 Å². The Hall–Kier alpha value is -2.75. The molecule has 31 heavy (non-hydrogen) atoms. The van der Waals surface area contributed by atoms with Crippen LogP contribution in [0.2, 0.25) is 5.02 Å². The fourth-order valence-electron chi connectivity index (χ4n) is 3.45. The second-order valence-electron chi connectivity index (χ2n) is 7.26. The molecule has 3 rings (SSSR count). The lowest BCUT2D eigenvalue weighted by Gasteiger charge is -2.34. The number of anilines is 1. The maximum atomic E-state index is 14.0. The molecule has 0 aliphatic carbocycles. The van der Waals surface area contributed by atoms with E-state index in [1.807, 2.05) is 0 Å². The number of piperazine rings is 1. The number of carbonyl (C=O) groups excluding carboxylic acids is 1. The number of halogens is 2. The summed E-state index contributed by atoms with van der Waals surface area (Å²) in [5.74, 6) is -0.257. The third-order valence-corrected chi connectivity index (χ3v) is 5.59. The maximum absolute atomic E-state index is 14.0. The Labute approximate surface area is 184 Å². The lowest BCUT2D eigenvalue weighted by atomic mass is 10.1. The summed E-state index contributed by atoms with van der Waals surface area (Å²) in [7, 11) is 1.42. The van der Waals surface area contributed by atoms with Crippen LogP contribution in [0.1, 0.15) is 12.0 Å². The van der Waals surface area contributed by atoms with Gasteiger partial charge in [-0.05, 0) is 24.3 Å². The van der Waals surface area contributed by atoms with Gasteiger partial charge in [-0.2, -0.15) is 0 Å². The first kappa shape index (κ1) is 22.9. The van der Waals surface area contributed by atoms with Gasteiger partial charge in [0.1, 0.15) is 17.3 Å². The summed E-state index contributed by atoms with van der Waals surface area (Å²) in [6.07, 6.45) is 0.211. The van der Waals surface area contributed by atoms with E-state index in [4.69, 9.17) is 16.3 Å². The molecule has 8 nitrogen and oxygen atoms in total. The molecule has 1 heterocycles. The number of nitro groups is 1. The van der Waals surface area contributed by atoms with Crippen LogP contribution in [0, 0.1) is 15.9 Å². The van der Waals surface area contributed by atoms with E-state index in [1.54, 1.807) is 18.2 Å². The Bertz CT molecular complexity index is 931. The first-order valence-electron chi connectivity index (χ1n) is 9.87. The third kappa shape index (κ3) is 6.13. The van der Waals surface area contributed by atoms with E-state index < -0.39 is 4.92 Å². The lowest BCUT2D eigenvalue weighted by molar-refractivity contribution is -0.384. The van der Waals surface area contributed by atoms with Crippen molar-refractivity contribution < 1.29 is 18.8 Å². The molecule has 1 saturated heterocycles. The predicted molar refractivity (Wildman–Crippen MR) is 116 cm³/mol. The van der Waals surface area contributed by atoms with Crippen molar-refractivity contribution in [2.45, 2.75) is 13.0 Å². The monoisotopic (exact) mass is 450 g/mol. The average Bonchev–Trinajstić information content (AvgIpc) is 2.76. The summed E-state index contributed by atoms with van der Waals surface area (Å²) < 4.78 is 19.0. The van der Waals surface area contributed by atoms with Crippen LogP contribution < -0.4 is 10.1 Å². The van der Waals surface area contributed by atoms with E-state index in [9.17, 15) is 19.3 Å². The van der Waals surface area contributed by atoms with E-state index in [0.717, 1.165) is 26.2 Å². The zero-order valence-electron chi connectivity index (χ0n) is 17.1. The molecule has 1 N–H and O–H groups in total. The molecule has 0 bridgehead atoms. The van der Waals surface area contributed by atoms with E-state index in [1.165, 1.54) is 25.3 Å². The summed E-state index contributed by atoms with van der Waals surface area (Å²) in [6.45, 7) is 3.92. The quantitative estimate of drug-likeness (QED) is 0.489. The highest BCUT2D eigenvalue weighted by molar-refractivity contribution is 6.31. The molecule has 2 aromatic rings. The van der Waals surface area contributed by atoms with Crippen LogP contribution in [0.5, 0.6) is 5.75 Å². The highest BCUT2D eigenvalue weighted by Gasteiger charge is 2.21. The molecule has 1 aliphatic rings. The Balaban J connectivity index is 1.47. The van der Waals surface area contributed by atoms with Crippen molar-refractivity contribution in [3.63, 3.8) is 0 Å². The predicted octanol–water partition coefficient (Wildman–Crippen LogP) is 3.54. The largest absolute Gasteiger partial charge is 0.496 e. The van der Waals surface area contributed by atoms with Crippen LogP contribution in [0.3, 0.4) is 0 Å². The Morgan fingerprint density at radius 3 is 2.58 bits per heavy atom. The molecule has 0 atom stereocenters. The number of hydrogen-bond acceptors (Lipinski definition) is 6. The molecule has 1 aliphatic heterocycles. The third-order valence-electron chi connectivity index (χ3n) is 5.24. The number of methoxy groups -OCH3 is 1. The lowest BCUT2D eigenvalue weighted by Crippen LogP contribution is -2.46. The highest BCUT2D eigenvalue weighted by atomic mass is 35.5. The molecule has 0 unspecified atom stereocenters. The number of benzene rings is 2. The van der Waals surface area contributed by atoms with Crippen LogP contribution in [0.15, 0.2) is 36.4 Å². The number of ether oxygens (including phenoxy) is 1. The van der Waals surface area contributed by atoms with E-state index in [0.29, 0.717) is 29.4 Å². The summed E-state index contributed by atoms with van der Waals surface area (Å²) >= 11 is 6.11. The van der Waals surface area contributed by atoms with E-state index in [-0.39, 0.29) is 29.5 Å². The van der Waals surface area contributed by atoms with Gasteiger partial charge in [0.2, 0.25) is 5.91 Å². The first-order valence-corrected chi connectivity index (χ1v) is 10.2. The van der Waals surface area contributed by atoms with Gasteiger partial charge in [0, 0.05) is 56.3 Å². The number of amides is 1. The molecule has 10 heteroatoms. The van der Waals surface area contributed by atoms with Crippen LogP contribution >= 0.6 is 11.6 Å². The molecular weight excluding hydrogens is 427 g/mol. The van der Waals surface area contributed by atoms with Crippen molar-refractivity contribution in [2.75, 3.05) is 45.2 Å². The van der Waals surface area contributed by atoms with Gasteiger partial charge < -0.3 is 15.0 Å². The van der Waals surface area contributed by atoms with Gasteiger partial charge in [-0.3, -0.25) is 19.8 Å². The van der Waals surface area contributed by atoms with Crippen LogP contribution in [0.25, 0.3) is 0 Å². The van der Waals surface area contributed by atoms with Crippen molar-refractivity contribution in [3.8, 4) is 5.75 Å². The van der Waals surface area contributed by atoms with Crippen molar-refractivity contribution in [3.05, 3.63) is 62.9 Å². The van der Waals surface area contributed by atoms with Gasteiger partial charge >= 0.3 is 0 Å². The van der Waals surface area contributed by atoms with Crippen LogP contribution in [0.4, 0.5) is 15.8 Å². The number of nitrogens with one attached hydrogen (secondary N) is 1. The van der Waals surface area contributed by atoms with E-state index in [2.05, 4.69) is 15.1 Å². The van der Waals surface area contributed by atoms with Crippen molar-refractivity contribution in [1.29, 1.82) is 0 Å². The molecule has 166 valence electrons. The number of carbonyl (C=O) groups is 1. The van der Waals surface area contributed by atoms with Gasteiger partial charge in [0.15, 0.2) is 0 Å². The van der Waals surface area contributed by atoms with Crippen LogP contribution in [-0.4, -0.2) is 60.5 Å². The minimum absolute atomic E-state index is 0.141. The molecule has 0 saturated carbocycles. The SMILES string of the molecule is COc1ccc(NC(=O)CCN2CCN(Cc3c(F)cccc3Cl)CC2)c([N+](=O)[O-])c1. The second kappa shape index (κ2) is 10.5. The first-order chi connectivity index (χ1) is 14.9. The van der Waals surface area contributed by atoms with Gasteiger partial charge in [-0.15, -0.1) is 0 Å². The molecular formula is C21H24ClFN4O4. The summed E-state index contributed by atoms with van der Waals surface area (Å²) in [5.41, 5.74) is 0.425. The Morgan fingerprint density at radius 1 is 1.23 bits per heavy atom. The number of rotatable bonds is 8. The van der Waals surface area contributed by atoms with Gasteiger partial charge in [0.25, 0.3) is 5.69 Å². The van der Waals surface area contributed by atoms with Gasteiger partial charge in [-0.1, -0.05) is 17.7 Å². The standard InChI is InChI=1S/C21H24ClFN4O4/c1-31-15-5-6-19(20(13-15)27(29)30)24-21(28)7-8-25-9-11-26(12-10-25)14-16-17(22)3-2-4-18(16)23/h2-6,13H,7-12,14H2,1H3,(H,24,28). The number of hydrogen-bond donors (Lipinski definition) is 1. The Kier molecular flexibility index (Phi) is 7.78. The smallest absolute Gasteiger partial charge is 0.296 e. The van der Waals surface area contributed by atoms with Gasteiger partial charge in [0.05, 0.1) is 18.1 Å². The van der Waals surface area contributed by atoms with Gasteiger partial charge in [-0.25, -0.2) is 4.39 Å².